The maximum absolute atomic E-state index is 11.7. The summed E-state index contributed by atoms with van der Waals surface area (Å²) in [5.41, 5.74) is -0.154. The quantitative estimate of drug-likeness (QED) is 0.489. The zero-order valence-electron chi connectivity index (χ0n) is 9.92. The number of nitrogens with zero attached hydrogens (tertiary/aromatic N) is 2. The average molecular weight is 317 g/mol. The smallest absolute Gasteiger partial charge is 0.428 e. The molecule has 20 heavy (non-hydrogen) atoms. The number of esters is 1. The summed E-state index contributed by atoms with van der Waals surface area (Å²) in [6, 6.07) is 4.37. The third kappa shape index (κ3) is 2.45. The minimum atomic E-state index is -0.945. The molecule has 104 valence electrons. The predicted molar refractivity (Wildman–Crippen MR) is 70.0 cm³/mol. The van der Waals surface area contributed by atoms with Gasteiger partial charge in [0.1, 0.15) is 0 Å². The summed E-state index contributed by atoms with van der Waals surface area (Å²) in [5, 5.41) is 14.6. The third-order valence-corrected chi connectivity index (χ3v) is 2.96. The number of carbonyl (C=O) groups excluding carboxylic acids is 1. The lowest BCUT2D eigenvalue weighted by atomic mass is 10.1. The van der Waals surface area contributed by atoms with Crippen molar-refractivity contribution in [2.75, 3.05) is 7.11 Å². The Morgan fingerprint density at radius 3 is 2.70 bits per heavy atom. The first-order valence-electron chi connectivity index (χ1n) is 5.13. The molecule has 0 amide bonds. The van der Waals surface area contributed by atoms with Gasteiger partial charge in [0.05, 0.1) is 12.1 Å². The number of methoxy groups -OCH3 is 1. The molecule has 0 N–H and O–H groups in total. The van der Waals surface area contributed by atoms with Crippen LogP contribution in [0.4, 0.5) is 5.82 Å². The minimum absolute atomic E-state index is 0.148. The van der Waals surface area contributed by atoms with E-state index < -0.39 is 22.3 Å². The van der Waals surface area contributed by atoms with Crippen LogP contribution in [-0.2, 0) is 4.74 Å². The molecule has 9 heteroatoms. The van der Waals surface area contributed by atoms with Crippen LogP contribution in [0, 0.1) is 10.1 Å². The van der Waals surface area contributed by atoms with E-state index in [2.05, 4.69) is 9.89 Å². The molecule has 0 saturated carbocycles. The highest BCUT2D eigenvalue weighted by Gasteiger charge is 2.34. The Bertz CT molecular complexity index is 698. The number of carbonyl (C=O) groups is 1. The second-order valence-electron chi connectivity index (χ2n) is 3.58. The average Bonchev–Trinajstić information content (AvgIpc) is 2.82. The van der Waals surface area contributed by atoms with Crippen LogP contribution >= 0.6 is 23.2 Å². The highest BCUT2D eigenvalue weighted by atomic mass is 35.5. The highest BCUT2D eigenvalue weighted by molar-refractivity contribution is 6.36. The largest absolute Gasteiger partial charge is 0.465 e. The number of hydrogen-bond acceptors (Lipinski definition) is 6. The van der Waals surface area contributed by atoms with Crippen molar-refractivity contribution in [3.63, 3.8) is 0 Å². The molecule has 0 unspecified atom stereocenters. The van der Waals surface area contributed by atoms with Crippen molar-refractivity contribution in [2.24, 2.45) is 0 Å². The van der Waals surface area contributed by atoms with Crippen molar-refractivity contribution < 1.29 is 19.0 Å². The molecule has 0 fully saturated rings. The Kier molecular flexibility index (Phi) is 3.91. The van der Waals surface area contributed by atoms with Gasteiger partial charge < -0.3 is 14.9 Å². The standard InChI is InChI=1S/C11H6Cl2N2O5/c1-19-11(16)8-9(20-14-10(8)15(17)18)6-3-2-5(12)4-7(6)13/h2-4H,1H3. The van der Waals surface area contributed by atoms with Crippen LogP contribution in [0.5, 0.6) is 0 Å². The van der Waals surface area contributed by atoms with Crippen molar-refractivity contribution in [3.8, 4) is 11.3 Å². The maximum Gasteiger partial charge on any atom is 0.428 e. The van der Waals surface area contributed by atoms with Crippen LogP contribution in [0.1, 0.15) is 10.4 Å². The molecule has 0 saturated heterocycles. The molecule has 0 aliphatic carbocycles. The lowest BCUT2D eigenvalue weighted by Gasteiger charge is -2.01. The fraction of sp³-hybridized carbons (Fsp3) is 0.0909. The molecule has 1 heterocycles. The topological polar surface area (TPSA) is 95.5 Å². The van der Waals surface area contributed by atoms with E-state index in [0.717, 1.165) is 7.11 Å². The van der Waals surface area contributed by atoms with Gasteiger partial charge in [0, 0.05) is 10.6 Å². The minimum Gasteiger partial charge on any atom is -0.465 e. The van der Waals surface area contributed by atoms with Gasteiger partial charge in [-0.15, -0.1) is 0 Å². The van der Waals surface area contributed by atoms with Gasteiger partial charge in [-0.25, -0.2) is 4.79 Å². The monoisotopic (exact) mass is 316 g/mol. The van der Waals surface area contributed by atoms with Crippen molar-refractivity contribution in [3.05, 3.63) is 43.9 Å². The first kappa shape index (κ1) is 14.3. The second kappa shape index (κ2) is 5.48. The number of rotatable bonds is 3. The van der Waals surface area contributed by atoms with E-state index in [-0.39, 0.29) is 16.3 Å². The van der Waals surface area contributed by atoms with Crippen LogP contribution in [0.2, 0.25) is 10.0 Å². The number of hydrogen-bond donors (Lipinski definition) is 0. The summed E-state index contributed by atoms with van der Waals surface area (Å²) in [4.78, 5) is 21.7. The number of ether oxygens (including phenoxy) is 1. The second-order valence-corrected chi connectivity index (χ2v) is 4.43. The van der Waals surface area contributed by atoms with E-state index in [4.69, 9.17) is 27.7 Å². The van der Waals surface area contributed by atoms with E-state index in [1.54, 1.807) is 0 Å². The third-order valence-electron chi connectivity index (χ3n) is 2.41. The van der Waals surface area contributed by atoms with Crippen LogP contribution < -0.4 is 0 Å². The molecule has 1 aromatic heterocycles. The van der Waals surface area contributed by atoms with E-state index in [1.165, 1.54) is 18.2 Å². The van der Waals surface area contributed by atoms with Gasteiger partial charge in [0.25, 0.3) is 0 Å². The Morgan fingerprint density at radius 2 is 2.15 bits per heavy atom. The first-order valence-corrected chi connectivity index (χ1v) is 5.89. The molecule has 7 nitrogen and oxygen atoms in total. The van der Waals surface area contributed by atoms with E-state index in [1.807, 2.05) is 0 Å². The van der Waals surface area contributed by atoms with E-state index in [0.29, 0.717) is 5.02 Å². The summed E-state index contributed by atoms with van der Waals surface area (Å²) < 4.78 is 9.37. The number of nitro groups is 1. The van der Waals surface area contributed by atoms with Gasteiger partial charge in [0.2, 0.25) is 11.3 Å². The number of aromatic nitrogens is 1. The lowest BCUT2D eigenvalue weighted by molar-refractivity contribution is -0.391. The van der Waals surface area contributed by atoms with Gasteiger partial charge in [-0.1, -0.05) is 23.2 Å². The van der Waals surface area contributed by atoms with Crippen LogP contribution in [0.15, 0.2) is 22.7 Å². The zero-order chi connectivity index (χ0) is 14.9. The van der Waals surface area contributed by atoms with Crippen molar-refractivity contribution >= 4 is 35.0 Å². The molecule has 2 rings (SSSR count). The number of halogens is 2. The van der Waals surface area contributed by atoms with Crippen molar-refractivity contribution in [1.29, 1.82) is 0 Å². The van der Waals surface area contributed by atoms with Crippen molar-refractivity contribution in [2.45, 2.75) is 0 Å². The van der Waals surface area contributed by atoms with Gasteiger partial charge in [-0.3, -0.25) is 4.52 Å². The fourth-order valence-electron chi connectivity index (χ4n) is 1.55. The molecular formula is C11H6Cl2N2O5. The molecule has 0 aliphatic heterocycles. The molecule has 0 radical (unpaired) electrons. The highest BCUT2D eigenvalue weighted by Crippen LogP contribution is 2.36. The fourth-order valence-corrected chi connectivity index (χ4v) is 2.04. The van der Waals surface area contributed by atoms with Gasteiger partial charge >= 0.3 is 11.8 Å². The van der Waals surface area contributed by atoms with Crippen LogP contribution in [0.25, 0.3) is 11.3 Å². The summed E-state index contributed by atoms with van der Waals surface area (Å²) in [6.45, 7) is 0. The Hall–Kier alpha value is -2.12. The van der Waals surface area contributed by atoms with Gasteiger partial charge in [-0.2, -0.15) is 0 Å². The Balaban J connectivity index is 2.68. The van der Waals surface area contributed by atoms with Crippen LogP contribution in [-0.4, -0.2) is 23.2 Å². The van der Waals surface area contributed by atoms with Gasteiger partial charge in [-0.05, 0) is 23.1 Å². The van der Waals surface area contributed by atoms with Crippen molar-refractivity contribution in [1.82, 2.24) is 5.16 Å². The summed E-state index contributed by atoms with van der Waals surface area (Å²) in [6.07, 6.45) is 0. The lowest BCUT2D eigenvalue weighted by Crippen LogP contribution is -2.05. The molecule has 0 atom stereocenters. The molecule has 2 aromatic rings. The Morgan fingerprint density at radius 1 is 1.45 bits per heavy atom. The van der Waals surface area contributed by atoms with E-state index in [9.17, 15) is 14.9 Å². The number of benzene rings is 1. The SMILES string of the molecule is COC(=O)c1c([N+](=O)[O-])noc1-c1ccc(Cl)cc1Cl. The molecule has 1 aromatic carbocycles. The first-order chi connectivity index (χ1) is 9.45. The summed E-state index contributed by atoms with van der Waals surface area (Å²) >= 11 is 11.7. The van der Waals surface area contributed by atoms with Gasteiger partial charge in [0.15, 0.2) is 5.16 Å². The normalized spacial score (nSPS) is 10.3. The zero-order valence-corrected chi connectivity index (χ0v) is 11.4. The summed E-state index contributed by atoms with van der Waals surface area (Å²) in [7, 11) is 1.09. The molecule has 0 spiro atoms. The summed E-state index contributed by atoms with van der Waals surface area (Å²) in [5.74, 6) is -1.83. The predicted octanol–water partition coefficient (Wildman–Crippen LogP) is 3.34. The molecule has 0 bridgehead atoms. The van der Waals surface area contributed by atoms with Crippen LogP contribution in [0.3, 0.4) is 0 Å². The maximum atomic E-state index is 11.7. The molecular weight excluding hydrogens is 311 g/mol. The molecule has 0 aliphatic rings. The Labute approximate surface area is 122 Å². The van der Waals surface area contributed by atoms with E-state index >= 15 is 0 Å².